The summed E-state index contributed by atoms with van der Waals surface area (Å²) >= 11 is 10.6. The normalized spacial score (nSPS) is 15.2. The molecule has 0 aromatic heterocycles. The van der Waals surface area contributed by atoms with Crippen LogP contribution in [0.1, 0.15) is 0 Å². The molecule has 0 saturated heterocycles. The van der Waals surface area contributed by atoms with E-state index >= 15 is 0 Å². The number of rotatable bonds is 2. The molecule has 0 heterocycles. The van der Waals surface area contributed by atoms with Crippen molar-refractivity contribution in [2.75, 3.05) is 0 Å². The van der Waals surface area contributed by atoms with Gasteiger partial charge in [-0.25, -0.2) is 4.57 Å². The molecule has 3 nitrogen and oxygen atoms in total. The second kappa shape index (κ2) is 3.67. The van der Waals surface area contributed by atoms with E-state index in [9.17, 15) is 4.57 Å². The molecular formula is C6H5Cl2O3P. The van der Waals surface area contributed by atoms with Crippen LogP contribution in [0.25, 0.3) is 0 Å². The summed E-state index contributed by atoms with van der Waals surface area (Å²) in [5.74, 6) is 0.0972. The summed E-state index contributed by atoms with van der Waals surface area (Å²) in [6.45, 7) is -4.03. The van der Waals surface area contributed by atoms with E-state index in [1.54, 1.807) is 12.1 Å². The summed E-state index contributed by atoms with van der Waals surface area (Å²) < 4.78 is 15.1. The van der Waals surface area contributed by atoms with Crippen LogP contribution in [0.5, 0.6) is 5.75 Å². The Morgan fingerprint density at radius 1 is 1.42 bits per heavy atom. The lowest BCUT2D eigenvalue weighted by Gasteiger charge is -2.06. The summed E-state index contributed by atoms with van der Waals surface area (Å²) in [6, 6.07) is 6.27. The van der Waals surface area contributed by atoms with Gasteiger partial charge in [0.25, 0.3) is 0 Å². The highest BCUT2D eigenvalue weighted by Gasteiger charge is 2.17. The molecule has 1 N–H and O–H groups in total. The molecule has 1 rings (SSSR count). The third kappa shape index (κ3) is 3.03. The summed E-state index contributed by atoms with van der Waals surface area (Å²) in [5.41, 5.74) is 0. The number of benzene rings is 1. The lowest BCUT2D eigenvalue weighted by atomic mass is 10.3. The average molecular weight is 227 g/mol. The van der Waals surface area contributed by atoms with E-state index in [0.29, 0.717) is 0 Å². The lowest BCUT2D eigenvalue weighted by molar-refractivity contribution is 0.401. The first-order chi connectivity index (χ1) is 5.49. The van der Waals surface area contributed by atoms with Crippen molar-refractivity contribution in [1.29, 1.82) is 0 Å². The number of hydrogen-bond donors (Lipinski definition) is 1. The fraction of sp³-hybridized carbons (Fsp3) is 0. The second-order valence-electron chi connectivity index (χ2n) is 1.97. The minimum absolute atomic E-state index is 0.0972. The third-order valence-corrected chi connectivity index (χ3v) is 1.99. The maximum absolute atomic E-state index is 10.6. The van der Waals surface area contributed by atoms with Crippen molar-refractivity contribution >= 4 is 29.8 Å². The summed E-state index contributed by atoms with van der Waals surface area (Å²) in [7, 11) is 0. The minimum Gasteiger partial charge on any atom is -0.412 e. The maximum Gasteiger partial charge on any atom is 0.474 e. The van der Waals surface area contributed by atoms with Crippen LogP contribution in [0, 0.1) is 0 Å². The molecule has 6 heteroatoms. The molecule has 1 unspecified atom stereocenters. The first kappa shape index (κ1) is 9.87. The van der Waals surface area contributed by atoms with Gasteiger partial charge in [0.05, 0.1) is 5.02 Å². The van der Waals surface area contributed by atoms with Crippen LogP contribution in [-0.2, 0) is 4.57 Å². The van der Waals surface area contributed by atoms with Crippen molar-refractivity contribution in [2.45, 2.75) is 0 Å². The minimum atomic E-state index is -4.03. The van der Waals surface area contributed by atoms with Crippen molar-refractivity contribution in [1.82, 2.24) is 0 Å². The highest BCUT2D eigenvalue weighted by Crippen LogP contribution is 2.48. The molecule has 0 radical (unpaired) electrons. The van der Waals surface area contributed by atoms with Gasteiger partial charge < -0.3 is 9.42 Å². The van der Waals surface area contributed by atoms with Gasteiger partial charge in [-0.2, -0.15) is 0 Å². The Morgan fingerprint density at radius 2 is 2.00 bits per heavy atom. The average Bonchev–Trinajstić information content (AvgIpc) is 1.91. The molecule has 0 fully saturated rings. The van der Waals surface area contributed by atoms with Crippen LogP contribution in [0.4, 0.5) is 0 Å². The molecule has 0 aliphatic carbocycles. The molecule has 12 heavy (non-hydrogen) atoms. The molecule has 66 valence electrons. The van der Waals surface area contributed by atoms with Crippen molar-refractivity contribution < 1.29 is 14.0 Å². The van der Waals surface area contributed by atoms with Gasteiger partial charge in [0.2, 0.25) is 0 Å². The molecule has 0 saturated carbocycles. The largest absolute Gasteiger partial charge is 0.474 e. The molecule has 0 bridgehead atoms. The molecule has 1 atom stereocenters. The summed E-state index contributed by atoms with van der Waals surface area (Å²) in [4.78, 5) is 8.64. The van der Waals surface area contributed by atoms with Crippen LogP contribution in [0.3, 0.4) is 0 Å². The Kier molecular flexibility index (Phi) is 3.02. The number of hydrogen-bond acceptors (Lipinski definition) is 2. The van der Waals surface area contributed by atoms with Gasteiger partial charge in [-0.05, 0) is 12.1 Å². The van der Waals surface area contributed by atoms with Gasteiger partial charge in [-0.1, -0.05) is 23.7 Å². The van der Waals surface area contributed by atoms with Gasteiger partial charge in [-0.15, -0.1) is 0 Å². The van der Waals surface area contributed by atoms with E-state index in [2.05, 4.69) is 4.52 Å². The Hall–Kier alpha value is -0.210. The van der Waals surface area contributed by atoms with E-state index in [0.717, 1.165) is 0 Å². The molecule has 0 aliphatic heterocycles. The van der Waals surface area contributed by atoms with Crippen LogP contribution in [0.15, 0.2) is 24.3 Å². The van der Waals surface area contributed by atoms with Gasteiger partial charge >= 0.3 is 6.95 Å². The Bertz CT molecular complexity index is 322. The molecule has 0 aliphatic rings. The van der Waals surface area contributed by atoms with E-state index in [1.807, 2.05) is 0 Å². The highest BCUT2D eigenvalue weighted by atomic mass is 35.7. The zero-order valence-corrected chi connectivity index (χ0v) is 8.18. The van der Waals surface area contributed by atoms with Crippen LogP contribution in [-0.4, -0.2) is 4.89 Å². The van der Waals surface area contributed by atoms with Crippen molar-refractivity contribution in [2.24, 2.45) is 0 Å². The molecule has 0 amide bonds. The first-order valence-electron chi connectivity index (χ1n) is 2.95. The number of para-hydroxylation sites is 1. The smallest absolute Gasteiger partial charge is 0.412 e. The topological polar surface area (TPSA) is 46.5 Å². The van der Waals surface area contributed by atoms with Crippen molar-refractivity contribution in [3.8, 4) is 5.75 Å². The van der Waals surface area contributed by atoms with Gasteiger partial charge in [0.1, 0.15) is 5.75 Å². The van der Waals surface area contributed by atoms with Crippen molar-refractivity contribution in [3.63, 3.8) is 0 Å². The predicted octanol–water partition coefficient (Wildman–Crippen LogP) is 3.06. The predicted molar refractivity (Wildman–Crippen MR) is 47.8 cm³/mol. The maximum atomic E-state index is 10.6. The van der Waals surface area contributed by atoms with E-state index in [1.165, 1.54) is 12.1 Å². The second-order valence-corrected chi connectivity index (χ2v) is 4.75. The van der Waals surface area contributed by atoms with E-state index in [4.69, 9.17) is 27.7 Å². The Morgan fingerprint density at radius 3 is 2.50 bits per heavy atom. The first-order valence-corrected chi connectivity index (χ1v) is 5.82. The van der Waals surface area contributed by atoms with Crippen LogP contribution >= 0.6 is 29.8 Å². The quantitative estimate of drug-likeness (QED) is 0.789. The highest BCUT2D eigenvalue weighted by molar-refractivity contribution is 7.80. The molecule has 1 aromatic rings. The lowest BCUT2D eigenvalue weighted by Crippen LogP contribution is -1.85. The van der Waals surface area contributed by atoms with Crippen molar-refractivity contribution in [3.05, 3.63) is 29.3 Å². The monoisotopic (exact) mass is 226 g/mol. The SMILES string of the molecule is O=P(O)(Cl)Oc1ccccc1Cl. The summed E-state index contributed by atoms with van der Waals surface area (Å²) in [6.07, 6.45) is 0. The standard InChI is InChI=1S/C6H5Cl2O3P/c7-5-3-1-2-4-6(5)11-12(8,9)10/h1-4H,(H,9,10). The van der Waals surface area contributed by atoms with E-state index in [-0.39, 0.29) is 10.8 Å². The van der Waals surface area contributed by atoms with Gasteiger partial charge in [0, 0.05) is 11.2 Å². The molecule has 0 spiro atoms. The van der Waals surface area contributed by atoms with Gasteiger partial charge in [0.15, 0.2) is 0 Å². The zero-order chi connectivity index (χ0) is 9.19. The summed E-state index contributed by atoms with van der Waals surface area (Å²) in [5, 5.41) is 0.243. The zero-order valence-electron chi connectivity index (χ0n) is 5.78. The fourth-order valence-electron chi connectivity index (χ4n) is 0.640. The Labute approximate surface area is 79.2 Å². The van der Waals surface area contributed by atoms with Gasteiger partial charge in [-0.3, -0.25) is 0 Å². The van der Waals surface area contributed by atoms with Crippen LogP contribution in [0.2, 0.25) is 5.02 Å². The number of halogens is 2. The van der Waals surface area contributed by atoms with E-state index < -0.39 is 6.95 Å². The van der Waals surface area contributed by atoms with Crippen LogP contribution < -0.4 is 4.52 Å². The Balaban J connectivity index is 2.90. The molecule has 1 aromatic carbocycles. The fourth-order valence-corrected chi connectivity index (χ4v) is 1.49. The molecular weight excluding hydrogens is 222 g/mol. The third-order valence-electron chi connectivity index (χ3n) is 1.05.